The van der Waals surface area contributed by atoms with E-state index in [1.54, 1.807) is 12.1 Å². The van der Waals surface area contributed by atoms with Crippen LogP contribution in [0, 0.1) is 3.57 Å². The molecule has 0 radical (unpaired) electrons. The van der Waals surface area contributed by atoms with Gasteiger partial charge in [-0.3, -0.25) is 4.79 Å². The molecule has 5 nitrogen and oxygen atoms in total. The lowest BCUT2D eigenvalue weighted by Crippen LogP contribution is -2.07. The van der Waals surface area contributed by atoms with E-state index in [0.717, 1.165) is 3.57 Å². The van der Waals surface area contributed by atoms with Crippen LogP contribution in [-0.2, 0) is 0 Å². The number of aromatic nitrogens is 1. The number of carboxylic acids is 1. The summed E-state index contributed by atoms with van der Waals surface area (Å²) in [7, 11) is 0. The zero-order chi connectivity index (χ0) is 15.9. The van der Waals surface area contributed by atoms with Crippen molar-refractivity contribution in [3.63, 3.8) is 0 Å². The molecule has 110 valence electrons. The van der Waals surface area contributed by atoms with Gasteiger partial charge in [0, 0.05) is 14.5 Å². The first-order chi connectivity index (χ1) is 10.5. The lowest BCUT2D eigenvalue weighted by Gasteiger charge is -2.09. The molecule has 0 unspecified atom stereocenters. The van der Waals surface area contributed by atoms with Crippen molar-refractivity contribution < 1.29 is 15.0 Å². The second-order valence-corrected chi connectivity index (χ2v) is 5.89. The molecule has 1 heterocycles. The Morgan fingerprint density at radius 1 is 1.14 bits per heavy atom. The quantitative estimate of drug-likeness (QED) is 0.570. The molecule has 0 bridgehead atoms. The normalized spacial score (nSPS) is 10.8. The van der Waals surface area contributed by atoms with Crippen LogP contribution in [0.1, 0.15) is 10.4 Å². The molecule has 0 aliphatic heterocycles. The topological polar surface area (TPSA) is 90.4 Å². The average molecular weight is 407 g/mol. The third kappa shape index (κ3) is 2.35. The predicted octanol–water partition coefficient (Wildman–Crippen LogP) is 3.20. The fraction of sp³-hybridized carbons (Fsp3) is 0. The number of halogens is 1. The monoisotopic (exact) mass is 407 g/mol. The molecule has 3 aromatic rings. The Bertz CT molecular complexity index is 962. The second kappa shape index (κ2) is 5.45. The molecule has 0 saturated carbocycles. The van der Waals surface area contributed by atoms with Crippen molar-refractivity contribution in [2.45, 2.75) is 0 Å². The number of nitrogens with one attached hydrogen (secondary N) is 1. The van der Waals surface area contributed by atoms with Crippen LogP contribution >= 0.6 is 22.6 Å². The van der Waals surface area contributed by atoms with Gasteiger partial charge < -0.3 is 15.2 Å². The minimum Gasteiger partial charge on any atom is -0.503 e. The van der Waals surface area contributed by atoms with Gasteiger partial charge in [0.25, 0.3) is 0 Å². The van der Waals surface area contributed by atoms with E-state index in [-0.39, 0.29) is 22.4 Å². The van der Waals surface area contributed by atoms with Gasteiger partial charge in [0.1, 0.15) is 0 Å². The molecule has 6 heteroatoms. The molecule has 0 aliphatic rings. The number of hydrogen-bond acceptors (Lipinski definition) is 3. The van der Waals surface area contributed by atoms with E-state index in [1.165, 1.54) is 18.2 Å². The number of carboxylic acid groups (broad SMARTS) is 1. The average Bonchev–Trinajstić information content (AvgIpc) is 2.51. The Morgan fingerprint density at radius 3 is 2.55 bits per heavy atom. The van der Waals surface area contributed by atoms with Gasteiger partial charge in [-0.1, -0.05) is 18.2 Å². The lowest BCUT2D eigenvalue weighted by molar-refractivity contribution is 0.0697. The molecule has 0 spiro atoms. The Balaban J connectivity index is 2.37. The summed E-state index contributed by atoms with van der Waals surface area (Å²) in [6, 6.07) is 11.4. The van der Waals surface area contributed by atoms with Crippen molar-refractivity contribution in [1.29, 1.82) is 0 Å². The number of aromatic amines is 1. The number of aromatic hydroxyl groups is 1. The number of carbonyl (C=O) groups is 1. The summed E-state index contributed by atoms with van der Waals surface area (Å²) in [6.45, 7) is 0. The zero-order valence-electron chi connectivity index (χ0n) is 11.1. The summed E-state index contributed by atoms with van der Waals surface area (Å²) < 4.78 is 0.861. The summed E-state index contributed by atoms with van der Waals surface area (Å²) in [4.78, 5) is 26.3. The fourth-order valence-corrected chi connectivity index (χ4v) is 2.93. The number of aromatic carboxylic acids is 1. The molecule has 2 aromatic carbocycles. The summed E-state index contributed by atoms with van der Waals surface area (Å²) in [5.74, 6) is -1.45. The van der Waals surface area contributed by atoms with Crippen molar-refractivity contribution in [3.8, 4) is 17.0 Å². The molecular formula is C16H10INO4. The smallest absolute Gasteiger partial charge is 0.335 e. The van der Waals surface area contributed by atoms with E-state index in [4.69, 9.17) is 5.11 Å². The molecule has 1 aromatic heterocycles. The van der Waals surface area contributed by atoms with Crippen molar-refractivity contribution in [1.82, 2.24) is 4.98 Å². The number of fused-ring (bicyclic) bond motifs is 1. The molecule has 0 saturated heterocycles. The number of pyridine rings is 1. The minimum atomic E-state index is -1.08. The van der Waals surface area contributed by atoms with Gasteiger partial charge >= 0.3 is 5.97 Å². The summed E-state index contributed by atoms with van der Waals surface area (Å²) in [6.07, 6.45) is 0. The van der Waals surface area contributed by atoms with E-state index in [1.807, 2.05) is 12.1 Å². The summed E-state index contributed by atoms with van der Waals surface area (Å²) in [5, 5.41) is 19.5. The van der Waals surface area contributed by atoms with Crippen LogP contribution < -0.4 is 5.43 Å². The molecule has 3 rings (SSSR count). The van der Waals surface area contributed by atoms with Crippen LogP contribution in [0.15, 0.2) is 47.3 Å². The standard InChI is InChI=1S/C16H10INO4/c17-11-4-2-1-3-9(11)13-15(20)14(19)10-6-5-8(16(21)22)7-12(10)18-13/h1-7,20H,(H,18,19)(H,21,22). The highest BCUT2D eigenvalue weighted by Gasteiger charge is 2.15. The number of H-pyrrole nitrogens is 1. The number of hydrogen-bond donors (Lipinski definition) is 3. The second-order valence-electron chi connectivity index (χ2n) is 4.72. The molecular weight excluding hydrogens is 397 g/mol. The molecule has 22 heavy (non-hydrogen) atoms. The minimum absolute atomic E-state index is 0.0718. The molecule has 3 N–H and O–H groups in total. The zero-order valence-corrected chi connectivity index (χ0v) is 13.3. The summed E-state index contributed by atoms with van der Waals surface area (Å²) >= 11 is 2.11. The van der Waals surface area contributed by atoms with Crippen LogP contribution in [0.3, 0.4) is 0 Å². The van der Waals surface area contributed by atoms with E-state index in [9.17, 15) is 14.7 Å². The van der Waals surface area contributed by atoms with Crippen LogP contribution in [0.2, 0.25) is 0 Å². The lowest BCUT2D eigenvalue weighted by atomic mass is 10.1. The highest BCUT2D eigenvalue weighted by Crippen LogP contribution is 2.30. The van der Waals surface area contributed by atoms with Gasteiger partial charge in [0.05, 0.1) is 16.8 Å². The SMILES string of the molecule is O=C(O)c1ccc2c(=O)c(O)c(-c3ccccc3I)[nH]c2c1. The summed E-state index contributed by atoms with van der Waals surface area (Å²) in [5.41, 5.74) is 0.880. The third-order valence-electron chi connectivity index (χ3n) is 3.37. The first-order valence-corrected chi connectivity index (χ1v) is 7.44. The van der Waals surface area contributed by atoms with Gasteiger partial charge in [0.15, 0.2) is 5.75 Å². The van der Waals surface area contributed by atoms with Crippen molar-refractivity contribution >= 4 is 39.5 Å². The first kappa shape index (κ1) is 14.6. The van der Waals surface area contributed by atoms with Gasteiger partial charge in [-0.05, 0) is 46.9 Å². The van der Waals surface area contributed by atoms with Crippen molar-refractivity contribution in [2.24, 2.45) is 0 Å². The van der Waals surface area contributed by atoms with E-state index in [0.29, 0.717) is 11.1 Å². The Kier molecular flexibility index (Phi) is 3.61. The van der Waals surface area contributed by atoms with Crippen LogP contribution in [-0.4, -0.2) is 21.2 Å². The van der Waals surface area contributed by atoms with Gasteiger partial charge in [-0.25, -0.2) is 4.79 Å². The number of benzene rings is 2. The molecule has 0 aliphatic carbocycles. The Morgan fingerprint density at radius 2 is 1.86 bits per heavy atom. The molecule has 0 amide bonds. The van der Waals surface area contributed by atoms with Gasteiger partial charge in [0.2, 0.25) is 5.43 Å². The Labute approximate surface area is 138 Å². The van der Waals surface area contributed by atoms with Crippen molar-refractivity contribution in [3.05, 3.63) is 61.8 Å². The maximum Gasteiger partial charge on any atom is 0.335 e. The fourth-order valence-electron chi connectivity index (χ4n) is 2.27. The van der Waals surface area contributed by atoms with E-state index < -0.39 is 11.4 Å². The van der Waals surface area contributed by atoms with Gasteiger partial charge in [-0.2, -0.15) is 0 Å². The van der Waals surface area contributed by atoms with Crippen LogP contribution in [0.25, 0.3) is 22.2 Å². The van der Waals surface area contributed by atoms with Crippen LogP contribution in [0.5, 0.6) is 5.75 Å². The third-order valence-corrected chi connectivity index (χ3v) is 4.31. The maximum absolute atomic E-state index is 12.3. The highest BCUT2D eigenvalue weighted by molar-refractivity contribution is 14.1. The predicted molar refractivity (Wildman–Crippen MR) is 91.3 cm³/mol. The molecule has 0 atom stereocenters. The van der Waals surface area contributed by atoms with E-state index >= 15 is 0 Å². The van der Waals surface area contributed by atoms with E-state index in [2.05, 4.69) is 27.6 Å². The maximum atomic E-state index is 12.3. The van der Waals surface area contributed by atoms with Crippen molar-refractivity contribution in [2.75, 3.05) is 0 Å². The van der Waals surface area contributed by atoms with Crippen LogP contribution in [0.4, 0.5) is 0 Å². The number of rotatable bonds is 2. The highest BCUT2D eigenvalue weighted by atomic mass is 127. The molecule has 0 fully saturated rings. The largest absolute Gasteiger partial charge is 0.503 e. The Hall–Kier alpha value is -2.35. The first-order valence-electron chi connectivity index (χ1n) is 6.36. The van der Waals surface area contributed by atoms with Gasteiger partial charge in [-0.15, -0.1) is 0 Å².